The Morgan fingerprint density at radius 1 is 1.64 bits per heavy atom. The van der Waals surface area contributed by atoms with Crippen LogP contribution in [0.3, 0.4) is 0 Å². The number of nitrogens with two attached hydrogens (primary N) is 1. The number of furan rings is 1. The van der Waals surface area contributed by atoms with E-state index in [2.05, 4.69) is 13.0 Å². The highest BCUT2D eigenvalue weighted by Gasteiger charge is 2.29. The van der Waals surface area contributed by atoms with Gasteiger partial charge in [0.15, 0.2) is 0 Å². The molecule has 2 heteroatoms. The fourth-order valence-corrected chi connectivity index (χ4v) is 1.76. The summed E-state index contributed by atoms with van der Waals surface area (Å²) >= 11 is 0. The quantitative estimate of drug-likeness (QED) is 0.613. The van der Waals surface area contributed by atoms with Gasteiger partial charge in [0.2, 0.25) is 0 Å². The first-order valence-corrected chi connectivity index (χ1v) is 4.03. The molecule has 0 spiro atoms. The zero-order valence-corrected chi connectivity index (χ0v) is 6.92. The third kappa shape index (κ3) is 0.897. The van der Waals surface area contributed by atoms with Crippen LogP contribution in [0.2, 0.25) is 0 Å². The van der Waals surface area contributed by atoms with Gasteiger partial charge < -0.3 is 10.2 Å². The van der Waals surface area contributed by atoms with Gasteiger partial charge in [0.05, 0.1) is 6.04 Å². The molecule has 0 bridgehead atoms. The van der Waals surface area contributed by atoms with E-state index in [0.717, 1.165) is 17.9 Å². The summed E-state index contributed by atoms with van der Waals surface area (Å²) in [5, 5.41) is 0. The molecule has 0 aromatic carbocycles. The fraction of sp³-hybridized carbons (Fsp3) is 0.556. The van der Waals surface area contributed by atoms with Crippen LogP contribution >= 0.6 is 0 Å². The van der Waals surface area contributed by atoms with Crippen LogP contribution in [0.1, 0.15) is 30.0 Å². The lowest BCUT2D eigenvalue weighted by atomic mass is 10.1. The van der Waals surface area contributed by atoms with Crippen molar-refractivity contribution in [3.8, 4) is 0 Å². The van der Waals surface area contributed by atoms with Crippen LogP contribution in [-0.4, -0.2) is 0 Å². The third-order valence-corrected chi connectivity index (χ3v) is 2.42. The average molecular weight is 151 g/mol. The first kappa shape index (κ1) is 6.92. The van der Waals surface area contributed by atoms with E-state index in [1.807, 2.05) is 6.92 Å². The van der Waals surface area contributed by atoms with E-state index in [-0.39, 0.29) is 6.04 Å². The zero-order chi connectivity index (χ0) is 8.01. The molecule has 1 aromatic rings. The van der Waals surface area contributed by atoms with Crippen molar-refractivity contribution in [2.45, 2.75) is 26.3 Å². The van der Waals surface area contributed by atoms with Crippen molar-refractivity contribution >= 4 is 0 Å². The van der Waals surface area contributed by atoms with Crippen LogP contribution in [0.4, 0.5) is 0 Å². The standard InChI is InChI=1S/C9H13NO/c1-5-3-7-4-6(2)11-9(7)8(5)10/h4-5,8H,3,10H2,1-2H3. The van der Waals surface area contributed by atoms with Crippen LogP contribution in [0.15, 0.2) is 10.5 Å². The summed E-state index contributed by atoms with van der Waals surface area (Å²) in [6, 6.07) is 2.22. The van der Waals surface area contributed by atoms with Gasteiger partial charge in [0.1, 0.15) is 11.5 Å². The molecule has 60 valence electrons. The Kier molecular flexibility index (Phi) is 1.33. The Morgan fingerprint density at radius 3 is 3.00 bits per heavy atom. The molecule has 1 aromatic heterocycles. The van der Waals surface area contributed by atoms with Gasteiger partial charge in [-0.15, -0.1) is 0 Å². The maximum absolute atomic E-state index is 5.91. The SMILES string of the molecule is Cc1cc2c(o1)C(N)C(C)C2. The van der Waals surface area contributed by atoms with Gasteiger partial charge in [-0.05, 0) is 30.9 Å². The fourth-order valence-electron chi connectivity index (χ4n) is 1.76. The van der Waals surface area contributed by atoms with E-state index >= 15 is 0 Å². The summed E-state index contributed by atoms with van der Waals surface area (Å²) in [4.78, 5) is 0. The number of hydrogen-bond acceptors (Lipinski definition) is 2. The van der Waals surface area contributed by atoms with Crippen LogP contribution in [-0.2, 0) is 6.42 Å². The minimum Gasteiger partial charge on any atom is -0.464 e. The van der Waals surface area contributed by atoms with E-state index in [4.69, 9.17) is 10.2 Å². The molecule has 1 heterocycles. The minimum absolute atomic E-state index is 0.124. The van der Waals surface area contributed by atoms with Gasteiger partial charge in [-0.25, -0.2) is 0 Å². The monoisotopic (exact) mass is 151 g/mol. The summed E-state index contributed by atoms with van der Waals surface area (Å²) in [5.41, 5.74) is 7.22. The molecule has 2 rings (SSSR count). The molecule has 0 saturated carbocycles. The molecule has 2 atom stereocenters. The van der Waals surface area contributed by atoms with E-state index in [9.17, 15) is 0 Å². The highest BCUT2D eigenvalue weighted by molar-refractivity contribution is 5.29. The molecule has 0 fully saturated rings. The Labute approximate surface area is 66.4 Å². The van der Waals surface area contributed by atoms with Crippen molar-refractivity contribution in [2.24, 2.45) is 11.7 Å². The Bertz CT molecular complexity index is 277. The summed E-state index contributed by atoms with van der Waals surface area (Å²) in [7, 11) is 0. The van der Waals surface area contributed by atoms with Crippen LogP contribution < -0.4 is 5.73 Å². The molecule has 2 nitrogen and oxygen atoms in total. The first-order valence-electron chi connectivity index (χ1n) is 4.03. The maximum atomic E-state index is 5.91. The molecule has 2 unspecified atom stereocenters. The second kappa shape index (κ2) is 2.11. The predicted molar refractivity (Wildman–Crippen MR) is 43.2 cm³/mol. The second-order valence-electron chi connectivity index (χ2n) is 3.45. The van der Waals surface area contributed by atoms with Crippen molar-refractivity contribution in [1.82, 2.24) is 0 Å². The molecule has 11 heavy (non-hydrogen) atoms. The highest BCUT2D eigenvalue weighted by atomic mass is 16.3. The normalized spacial score (nSPS) is 29.0. The van der Waals surface area contributed by atoms with Crippen LogP contribution in [0, 0.1) is 12.8 Å². The van der Waals surface area contributed by atoms with Gasteiger partial charge in [-0.1, -0.05) is 6.92 Å². The Morgan fingerprint density at radius 2 is 2.36 bits per heavy atom. The largest absolute Gasteiger partial charge is 0.464 e. The highest BCUT2D eigenvalue weighted by Crippen LogP contribution is 2.35. The maximum Gasteiger partial charge on any atom is 0.124 e. The van der Waals surface area contributed by atoms with Crippen molar-refractivity contribution in [1.29, 1.82) is 0 Å². The van der Waals surface area contributed by atoms with Gasteiger partial charge in [-0.2, -0.15) is 0 Å². The van der Waals surface area contributed by atoms with Crippen LogP contribution in [0.25, 0.3) is 0 Å². The summed E-state index contributed by atoms with van der Waals surface area (Å²) < 4.78 is 5.48. The third-order valence-electron chi connectivity index (χ3n) is 2.42. The topological polar surface area (TPSA) is 39.2 Å². The molecule has 1 aliphatic rings. The minimum atomic E-state index is 0.124. The lowest BCUT2D eigenvalue weighted by Gasteiger charge is -2.07. The lowest BCUT2D eigenvalue weighted by Crippen LogP contribution is -2.13. The molecule has 0 amide bonds. The van der Waals surface area contributed by atoms with Gasteiger partial charge in [0, 0.05) is 0 Å². The molecule has 0 saturated heterocycles. The van der Waals surface area contributed by atoms with Gasteiger partial charge in [0.25, 0.3) is 0 Å². The van der Waals surface area contributed by atoms with E-state index in [1.54, 1.807) is 0 Å². The summed E-state index contributed by atoms with van der Waals surface area (Å²) in [6.07, 6.45) is 1.08. The molecular formula is C9H13NO. The molecule has 2 N–H and O–H groups in total. The molecule has 1 aliphatic carbocycles. The van der Waals surface area contributed by atoms with Gasteiger partial charge >= 0.3 is 0 Å². The number of hydrogen-bond donors (Lipinski definition) is 1. The summed E-state index contributed by atoms with van der Waals surface area (Å²) in [6.45, 7) is 4.13. The molecule has 0 aliphatic heterocycles. The summed E-state index contributed by atoms with van der Waals surface area (Å²) in [5.74, 6) is 2.54. The van der Waals surface area contributed by atoms with Crippen molar-refractivity contribution in [3.05, 3.63) is 23.2 Å². The van der Waals surface area contributed by atoms with E-state index < -0.39 is 0 Å². The van der Waals surface area contributed by atoms with Crippen LogP contribution in [0.5, 0.6) is 0 Å². The van der Waals surface area contributed by atoms with Crippen molar-refractivity contribution < 1.29 is 4.42 Å². The zero-order valence-electron chi connectivity index (χ0n) is 6.92. The Balaban J connectivity index is 2.44. The van der Waals surface area contributed by atoms with Crippen molar-refractivity contribution in [2.75, 3.05) is 0 Å². The van der Waals surface area contributed by atoms with E-state index in [1.165, 1.54) is 5.56 Å². The smallest absolute Gasteiger partial charge is 0.124 e. The predicted octanol–water partition coefficient (Wildman–Crippen LogP) is 1.78. The Hall–Kier alpha value is -0.760. The number of fused-ring (bicyclic) bond motifs is 1. The average Bonchev–Trinajstić information content (AvgIpc) is 2.37. The first-order chi connectivity index (χ1) is 5.18. The van der Waals surface area contributed by atoms with Gasteiger partial charge in [-0.3, -0.25) is 0 Å². The number of rotatable bonds is 0. The second-order valence-corrected chi connectivity index (χ2v) is 3.45. The molecule has 0 radical (unpaired) electrons. The number of aryl methyl sites for hydroxylation is 1. The lowest BCUT2D eigenvalue weighted by molar-refractivity contribution is 0.406. The molecular weight excluding hydrogens is 138 g/mol. The van der Waals surface area contributed by atoms with Crippen molar-refractivity contribution in [3.63, 3.8) is 0 Å². The van der Waals surface area contributed by atoms with E-state index in [0.29, 0.717) is 5.92 Å².